The Hall–Kier alpha value is -2.13. The van der Waals surface area contributed by atoms with Gasteiger partial charge in [0, 0.05) is 11.5 Å². The van der Waals surface area contributed by atoms with Gasteiger partial charge in [-0.15, -0.1) is 0 Å². The Kier molecular flexibility index (Phi) is 6.11. The normalized spacial score (nSPS) is 20.8. The molecule has 2 aliphatic rings. The van der Waals surface area contributed by atoms with E-state index in [4.69, 9.17) is 4.74 Å². The minimum absolute atomic E-state index is 0.197. The van der Waals surface area contributed by atoms with Crippen LogP contribution in [0.15, 0.2) is 48.5 Å². The van der Waals surface area contributed by atoms with Gasteiger partial charge >= 0.3 is 0 Å². The van der Waals surface area contributed by atoms with Crippen LogP contribution in [0.2, 0.25) is 0 Å². The van der Waals surface area contributed by atoms with E-state index in [1.807, 2.05) is 18.2 Å². The summed E-state index contributed by atoms with van der Waals surface area (Å²) in [5.74, 6) is 2.10. The number of ketones is 1. The van der Waals surface area contributed by atoms with Crippen LogP contribution in [0.4, 0.5) is 0 Å². The van der Waals surface area contributed by atoms with Gasteiger partial charge in [-0.2, -0.15) is 0 Å². The van der Waals surface area contributed by atoms with Crippen LogP contribution in [0.5, 0.6) is 5.75 Å². The van der Waals surface area contributed by atoms with E-state index >= 15 is 0 Å². The van der Waals surface area contributed by atoms with Crippen molar-refractivity contribution in [1.82, 2.24) is 4.90 Å². The third-order valence-corrected chi connectivity index (χ3v) is 6.60. The number of rotatable bonds is 6. The van der Waals surface area contributed by atoms with Gasteiger partial charge in [0.15, 0.2) is 5.78 Å². The Bertz CT molecular complexity index is 793. The zero-order valence-corrected chi connectivity index (χ0v) is 16.9. The fraction of sp³-hybridized carbons (Fsp3) is 0.480. The second-order valence-electron chi connectivity index (χ2n) is 8.29. The number of piperidine rings is 1. The molecule has 0 aromatic heterocycles. The number of fused-ring (bicyclic) bond motifs is 1. The lowest BCUT2D eigenvalue weighted by Crippen LogP contribution is -2.34. The van der Waals surface area contributed by atoms with Gasteiger partial charge < -0.3 is 9.64 Å². The summed E-state index contributed by atoms with van der Waals surface area (Å²) < 4.78 is 5.29. The molecule has 4 rings (SSSR count). The third kappa shape index (κ3) is 4.30. The molecule has 1 heterocycles. The second kappa shape index (κ2) is 8.91. The predicted octanol–water partition coefficient (Wildman–Crippen LogP) is 5.10. The van der Waals surface area contributed by atoms with Crippen LogP contribution >= 0.6 is 0 Å². The molecule has 0 spiro atoms. The van der Waals surface area contributed by atoms with Gasteiger partial charge in [-0.3, -0.25) is 4.79 Å². The molecule has 28 heavy (non-hydrogen) atoms. The number of benzene rings is 2. The van der Waals surface area contributed by atoms with Crippen molar-refractivity contribution in [2.24, 2.45) is 5.92 Å². The summed E-state index contributed by atoms with van der Waals surface area (Å²) in [7, 11) is 1.68. The predicted molar refractivity (Wildman–Crippen MR) is 113 cm³/mol. The standard InChI is InChI=1S/C25H31NO2/c1-28-23-11-12-24-22(18-23)10-9-21(25(24)27)8-5-15-26-16-13-20(14-17-26)19-6-3-2-4-7-19/h2-4,6-7,11-12,18,20-21H,5,8-10,13-17H2,1H3. The maximum atomic E-state index is 12.8. The summed E-state index contributed by atoms with van der Waals surface area (Å²) in [6.07, 6.45) is 6.62. The molecule has 148 valence electrons. The smallest absolute Gasteiger partial charge is 0.166 e. The molecule has 0 amide bonds. The van der Waals surface area contributed by atoms with E-state index in [9.17, 15) is 4.79 Å². The number of nitrogens with zero attached hydrogens (tertiary/aromatic N) is 1. The van der Waals surface area contributed by atoms with Crippen LogP contribution in [-0.4, -0.2) is 37.4 Å². The molecule has 1 aliphatic carbocycles. The van der Waals surface area contributed by atoms with Crippen LogP contribution in [0, 0.1) is 5.92 Å². The van der Waals surface area contributed by atoms with Crippen molar-refractivity contribution < 1.29 is 9.53 Å². The van der Waals surface area contributed by atoms with Gasteiger partial charge in [-0.25, -0.2) is 0 Å². The summed E-state index contributed by atoms with van der Waals surface area (Å²) in [6.45, 7) is 3.49. The lowest BCUT2D eigenvalue weighted by Gasteiger charge is -2.32. The number of carbonyl (C=O) groups excluding carboxylic acids is 1. The summed E-state index contributed by atoms with van der Waals surface area (Å²) in [5.41, 5.74) is 3.56. The van der Waals surface area contributed by atoms with Crippen molar-refractivity contribution in [3.05, 3.63) is 65.2 Å². The average molecular weight is 378 g/mol. The molecule has 0 N–H and O–H groups in total. The van der Waals surface area contributed by atoms with Gasteiger partial charge in [0.05, 0.1) is 7.11 Å². The maximum Gasteiger partial charge on any atom is 0.166 e. The van der Waals surface area contributed by atoms with Gasteiger partial charge in [0.1, 0.15) is 5.75 Å². The Morgan fingerprint density at radius 2 is 1.82 bits per heavy atom. The number of Topliss-reactive ketones (excluding diaryl/α,β-unsaturated/α-hetero) is 1. The highest BCUT2D eigenvalue weighted by atomic mass is 16.5. The highest BCUT2D eigenvalue weighted by molar-refractivity contribution is 6.00. The fourth-order valence-electron chi connectivity index (χ4n) is 4.88. The highest BCUT2D eigenvalue weighted by Crippen LogP contribution is 2.32. The van der Waals surface area contributed by atoms with Crippen molar-refractivity contribution >= 4 is 5.78 Å². The number of aryl methyl sites for hydroxylation is 1. The van der Waals surface area contributed by atoms with E-state index < -0.39 is 0 Å². The van der Waals surface area contributed by atoms with E-state index in [0.29, 0.717) is 11.7 Å². The first-order valence-corrected chi connectivity index (χ1v) is 10.7. The second-order valence-corrected chi connectivity index (χ2v) is 8.29. The molecular formula is C25H31NO2. The lowest BCUT2D eigenvalue weighted by molar-refractivity contribution is 0.0888. The lowest BCUT2D eigenvalue weighted by atomic mass is 9.80. The molecular weight excluding hydrogens is 346 g/mol. The van der Waals surface area contributed by atoms with E-state index in [0.717, 1.165) is 49.1 Å². The van der Waals surface area contributed by atoms with Gasteiger partial charge in [-0.05, 0) is 93.4 Å². The van der Waals surface area contributed by atoms with E-state index in [2.05, 4.69) is 35.2 Å². The molecule has 1 atom stereocenters. The Labute approximate surface area is 168 Å². The Morgan fingerprint density at radius 1 is 1.04 bits per heavy atom. The Morgan fingerprint density at radius 3 is 2.57 bits per heavy atom. The summed E-state index contributed by atoms with van der Waals surface area (Å²) in [4.78, 5) is 15.4. The molecule has 3 heteroatoms. The molecule has 0 bridgehead atoms. The van der Waals surface area contributed by atoms with Crippen LogP contribution < -0.4 is 4.74 Å². The van der Waals surface area contributed by atoms with E-state index in [1.54, 1.807) is 7.11 Å². The number of hydrogen-bond acceptors (Lipinski definition) is 3. The summed E-state index contributed by atoms with van der Waals surface area (Å²) in [5, 5.41) is 0. The number of hydrogen-bond donors (Lipinski definition) is 0. The minimum atomic E-state index is 0.197. The van der Waals surface area contributed by atoms with Gasteiger partial charge in [-0.1, -0.05) is 30.3 Å². The zero-order chi connectivity index (χ0) is 19.3. The van der Waals surface area contributed by atoms with Crippen molar-refractivity contribution in [3.63, 3.8) is 0 Å². The van der Waals surface area contributed by atoms with Crippen LogP contribution in [-0.2, 0) is 6.42 Å². The molecule has 1 unspecified atom stereocenters. The Balaban J connectivity index is 1.23. The van der Waals surface area contributed by atoms with Gasteiger partial charge in [0.2, 0.25) is 0 Å². The monoisotopic (exact) mass is 377 g/mol. The molecule has 0 saturated carbocycles. The van der Waals surface area contributed by atoms with Crippen molar-refractivity contribution in [2.45, 2.75) is 44.4 Å². The first kappa shape index (κ1) is 19.2. The first-order valence-electron chi connectivity index (χ1n) is 10.7. The number of methoxy groups -OCH3 is 1. The van der Waals surface area contributed by atoms with Crippen molar-refractivity contribution in [2.75, 3.05) is 26.7 Å². The largest absolute Gasteiger partial charge is 0.497 e. The number of ether oxygens (including phenoxy) is 1. The highest BCUT2D eigenvalue weighted by Gasteiger charge is 2.27. The summed E-state index contributed by atoms with van der Waals surface area (Å²) in [6, 6.07) is 16.8. The summed E-state index contributed by atoms with van der Waals surface area (Å²) >= 11 is 0. The topological polar surface area (TPSA) is 29.5 Å². The first-order chi connectivity index (χ1) is 13.7. The van der Waals surface area contributed by atoms with Crippen molar-refractivity contribution in [1.29, 1.82) is 0 Å². The molecule has 3 nitrogen and oxygen atoms in total. The molecule has 1 saturated heterocycles. The molecule has 0 radical (unpaired) electrons. The number of likely N-dealkylation sites (tertiary alicyclic amines) is 1. The van der Waals surface area contributed by atoms with E-state index in [-0.39, 0.29) is 5.92 Å². The van der Waals surface area contributed by atoms with E-state index in [1.165, 1.54) is 31.5 Å². The molecule has 2 aromatic carbocycles. The van der Waals surface area contributed by atoms with Crippen LogP contribution in [0.25, 0.3) is 0 Å². The fourth-order valence-corrected chi connectivity index (χ4v) is 4.88. The number of carbonyl (C=O) groups is 1. The average Bonchev–Trinajstić information content (AvgIpc) is 2.76. The zero-order valence-electron chi connectivity index (χ0n) is 16.9. The molecule has 1 fully saturated rings. The van der Waals surface area contributed by atoms with Crippen molar-refractivity contribution in [3.8, 4) is 5.75 Å². The van der Waals surface area contributed by atoms with Crippen LogP contribution in [0.1, 0.15) is 59.5 Å². The molecule has 2 aromatic rings. The third-order valence-electron chi connectivity index (χ3n) is 6.60. The SMILES string of the molecule is COc1ccc2c(c1)CCC(CCCN1CCC(c3ccccc3)CC1)C2=O. The maximum absolute atomic E-state index is 12.8. The molecule has 1 aliphatic heterocycles. The van der Waals surface area contributed by atoms with Gasteiger partial charge in [0.25, 0.3) is 0 Å². The quantitative estimate of drug-likeness (QED) is 0.701. The minimum Gasteiger partial charge on any atom is -0.497 e. The van der Waals surface area contributed by atoms with Crippen LogP contribution in [0.3, 0.4) is 0 Å².